The van der Waals surface area contributed by atoms with Crippen LogP contribution in [-0.2, 0) is 43.7 Å². The van der Waals surface area contributed by atoms with Crippen LogP contribution >= 0.6 is 0 Å². The third-order valence-electron chi connectivity index (χ3n) is 1.04. The Morgan fingerprint density at radius 1 is 1.54 bits per heavy atom. The average molecular weight is 518 g/mol. The Balaban J connectivity index is 4.83. The Kier molecular flexibility index (Phi) is 7.40. The van der Waals surface area contributed by atoms with E-state index in [0.29, 0.717) is 11.6 Å². The first kappa shape index (κ1) is 13.0. The van der Waals surface area contributed by atoms with E-state index in [2.05, 4.69) is 15.1 Å². The molecule has 0 bridgehead atoms. The zero-order valence-corrected chi connectivity index (χ0v) is 13.3. The molecular formula is C8H10N2OW2. The van der Waals surface area contributed by atoms with Gasteiger partial charge in [-0.25, -0.2) is 0 Å². The second-order valence-electron chi connectivity index (χ2n) is 1.98. The quantitative estimate of drug-likeness (QED) is 0.319. The fourth-order valence-corrected chi connectivity index (χ4v) is 1.39. The normalized spacial score (nSPS) is 12.2. The van der Waals surface area contributed by atoms with Crippen molar-refractivity contribution in [1.82, 2.24) is 0 Å². The molecule has 0 rings (SSSR count). The van der Waals surface area contributed by atoms with Crippen molar-refractivity contribution >= 4 is 9.86 Å². The van der Waals surface area contributed by atoms with E-state index in [1.807, 2.05) is 19.9 Å². The maximum atomic E-state index is 5.15. The summed E-state index contributed by atoms with van der Waals surface area (Å²) in [5.74, 6) is 1.30. The second-order valence-corrected chi connectivity index (χ2v) is 4.76. The van der Waals surface area contributed by atoms with E-state index >= 15 is 0 Å². The molecule has 0 saturated heterocycles. The van der Waals surface area contributed by atoms with Gasteiger partial charge < -0.3 is 0 Å². The van der Waals surface area contributed by atoms with Crippen LogP contribution in [-0.4, -0.2) is 9.86 Å². The molecule has 0 saturated carbocycles. The van der Waals surface area contributed by atoms with Gasteiger partial charge in [0.2, 0.25) is 0 Å². The summed E-state index contributed by atoms with van der Waals surface area (Å²) in [6, 6.07) is 0. The standard InChI is InChI=1S/C8H10N2O.2W/c1-4-7(11-6-3)8(9)10-5-2;;/h4,6H,3H2,1-2H3;;. The average Bonchev–Trinajstić information content (AvgIpc) is 2.10. The Labute approximate surface area is 100 Å². The third-order valence-corrected chi connectivity index (χ3v) is 1.99. The molecule has 0 aromatic heterocycles. The molecule has 0 N–H and O–H groups in total. The number of hydrogen-bond donors (Lipinski definition) is 0. The van der Waals surface area contributed by atoms with Gasteiger partial charge in [-0.05, 0) is 0 Å². The monoisotopic (exact) mass is 518 g/mol. The first-order chi connectivity index (χ1) is 6.15. The van der Waals surface area contributed by atoms with Crippen LogP contribution in [0.5, 0.6) is 0 Å². The molecule has 0 fully saturated rings. The summed E-state index contributed by atoms with van der Waals surface area (Å²) in [6.07, 6.45) is 3.20. The Morgan fingerprint density at radius 3 is 2.46 bits per heavy atom. The van der Waals surface area contributed by atoms with Crippen molar-refractivity contribution in [3.63, 3.8) is 0 Å². The molecule has 0 aliphatic rings. The van der Waals surface area contributed by atoms with E-state index in [1.54, 1.807) is 0 Å². The molecule has 0 aliphatic carbocycles. The SMILES string of the molecule is C=COC(=CC)C([N]=[W])=N[C](C)=[W]. The minimum atomic E-state index is 0.643. The molecule has 0 heterocycles. The molecule has 0 aromatic carbocycles. The molecule has 0 unspecified atom stereocenters. The molecule has 13 heavy (non-hydrogen) atoms. The predicted octanol–water partition coefficient (Wildman–Crippen LogP) is 1.88. The van der Waals surface area contributed by atoms with Gasteiger partial charge in [-0.1, -0.05) is 0 Å². The number of allylic oxidation sites excluding steroid dienone is 1. The molecule has 0 radical (unpaired) electrons. The van der Waals surface area contributed by atoms with Crippen molar-refractivity contribution in [3.05, 3.63) is 24.7 Å². The zero-order chi connectivity index (χ0) is 10.3. The summed E-state index contributed by atoms with van der Waals surface area (Å²) < 4.78 is 10.3. The Hall–Kier alpha value is -0.00338. The van der Waals surface area contributed by atoms with Crippen LogP contribution in [0.25, 0.3) is 0 Å². The molecule has 0 amide bonds. The molecule has 70 valence electrons. The van der Waals surface area contributed by atoms with Gasteiger partial charge in [0.1, 0.15) is 0 Å². The first-order valence-electron chi connectivity index (χ1n) is 3.52. The Morgan fingerprint density at radius 2 is 2.15 bits per heavy atom. The number of amidine groups is 1. The van der Waals surface area contributed by atoms with Crippen molar-refractivity contribution in [3.8, 4) is 0 Å². The summed E-state index contributed by atoms with van der Waals surface area (Å²) in [7, 11) is 0. The number of hydrogen-bond acceptors (Lipinski definition) is 2. The van der Waals surface area contributed by atoms with Gasteiger partial charge in [0, 0.05) is 0 Å². The third kappa shape index (κ3) is 5.33. The van der Waals surface area contributed by atoms with Crippen molar-refractivity contribution in [2.45, 2.75) is 13.8 Å². The maximum absolute atomic E-state index is 5.15. The van der Waals surface area contributed by atoms with Crippen LogP contribution in [0.3, 0.4) is 0 Å². The summed E-state index contributed by atoms with van der Waals surface area (Å²) in [5.41, 5.74) is 0. The molecular weight excluding hydrogens is 508 g/mol. The van der Waals surface area contributed by atoms with Crippen molar-refractivity contribution in [2.24, 2.45) is 8.49 Å². The summed E-state index contributed by atoms with van der Waals surface area (Å²) >= 11 is 2.44. The Bertz CT molecular complexity index is 282. The van der Waals surface area contributed by atoms with Crippen LogP contribution in [0.4, 0.5) is 0 Å². The van der Waals surface area contributed by atoms with Crippen LogP contribution < -0.4 is 0 Å². The van der Waals surface area contributed by atoms with Crippen LogP contribution in [0.2, 0.25) is 0 Å². The fraction of sp³-hybridized carbons (Fsp3) is 0.250. The zero-order valence-electron chi connectivity index (χ0n) is 7.48. The van der Waals surface area contributed by atoms with E-state index in [0.717, 1.165) is 23.7 Å². The topological polar surface area (TPSA) is 34.0 Å². The van der Waals surface area contributed by atoms with Gasteiger partial charge in [-0.3, -0.25) is 0 Å². The summed E-state index contributed by atoms with van der Waals surface area (Å²) in [5, 5.41) is 0. The first-order valence-corrected chi connectivity index (χ1v) is 6.30. The number of ether oxygens (including phenoxy) is 1. The van der Waals surface area contributed by atoms with Gasteiger partial charge in [-0.2, -0.15) is 0 Å². The van der Waals surface area contributed by atoms with Gasteiger partial charge >= 0.3 is 101 Å². The van der Waals surface area contributed by atoms with Crippen LogP contribution in [0.15, 0.2) is 33.2 Å². The molecule has 5 heteroatoms. The van der Waals surface area contributed by atoms with Gasteiger partial charge in [0.15, 0.2) is 0 Å². The predicted molar refractivity (Wildman–Crippen MR) is 45.6 cm³/mol. The second kappa shape index (κ2) is 7.41. The number of nitrogens with zero attached hydrogens (tertiary/aromatic N) is 2. The summed E-state index contributed by atoms with van der Waals surface area (Å²) in [4.78, 5) is 4.27. The molecule has 0 aromatic rings. The molecule has 0 atom stereocenters. The van der Waals surface area contributed by atoms with Crippen LogP contribution in [0, 0.1) is 0 Å². The van der Waals surface area contributed by atoms with E-state index in [-0.39, 0.29) is 0 Å². The molecule has 3 nitrogen and oxygen atoms in total. The fourth-order valence-electron chi connectivity index (χ4n) is 0.609. The molecule has 0 aliphatic heterocycles. The number of rotatable bonds is 4. The van der Waals surface area contributed by atoms with Crippen molar-refractivity contribution in [1.29, 1.82) is 0 Å². The van der Waals surface area contributed by atoms with Gasteiger partial charge in [0.25, 0.3) is 0 Å². The molecule has 0 spiro atoms. The van der Waals surface area contributed by atoms with E-state index in [9.17, 15) is 0 Å². The van der Waals surface area contributed by atoms with Gasteiger partial charge in [0.05, 0.1) is 0 Å². The number of aliphatic imine (C=N–C) groups is 1. The van der Waals surface area contributed by atoms with Crippen LogP contribution in [0.1, 0.15) is 13.8 Å². The minimum absolute atomic E-state index is 0.643. The van der Waals surface area contributed by atoms with Gasteiger partial charge in [-0.15, -0.1) is 0 Å². The van der Waals surface area contributed by atoms with E-state index < -0.39 is 0 Å². The summed E-state index contributed by atoms with van der Waals surface area (Å²) in [6.45, 7) is 7.33. The van der Waals surface area contributed by atoms with Crippen molar-refractivity contribution in [2.75, 3.05) is 0 Å². The van der Waals surface area contributed by atoms with Crippen molar-refractivity contribution < 1.29 is 43.7 Å². The van der Waals surface area contributed by atoms with E-state index in [4.69, 9.17) is 4.74 Å². The van der Waals surface area contributed by atoms with E-state index in [1.165, 1.54) is 25.6 Å².